The van der Waals surface area contributed by atoms with Gasteiger partial charge in [0.2, 0.25) is 0 Å². The Labute approximate surface area is 99.2 Å². The van der Waals surface area contributed by atoms with Gasteiger partial charge in [-0.05, 0) is 18.2 Å². The second-order valence-corrected chi connectivity index (χ2v) is 2.83. The van der Waals surface area contributed by atoms with Gasteiger partial charge in [-0.1, -0.05) is 15.9 Å². The molecule has 0 aliphatic carbocycles. The van der Waals surface area contributed by atoms with E-state index in [4.69, 9.17) is 0 Å². The molecule has 1 aromatic rings. The summed E-state index contributed by atoms with van der Waals surface area (Å²) in [6, 6.07) is 3.66. The van der Waals surface area contributed by atoms with Gasteiger partial charge in [0.25, 0.3) is 0 Å². The van der Waals surface area contributed by atoms with Crippen LogP contribution in [0.1, 0.15) is 10.4 Å². The van der Waals surface area contributed by atoms with Crippen molar-refractivity contribution < 1.29 is 43.8 Å². The van der Waals surface area contributed by atoms with Gasteiger partial charge in [-0.25, -0.2) is 4.39 Å². The third kappa shape index (κ3) is 2.86. The Hall–Kier alpha value is 0.1000. The molecule has 58 valence electrons. The first-order chi connectivity index (χ1) is 5.11. The SMILES string of the molecule is O=C([O-])c1ccc(Br)cc1F.[Na+]. The quantitative estimate of drug-likeness (QED) is 0.531. The van der Waals surface area contributed by atoms with Gasteiger partial charge in [0, 0.05) is 10.0 Å². The average molecular weight is 241 g/mol. The van der Waals surface area contributed by atoms with Crippen LogP contribution >= 0.6 is 15.9 Å². The van der Waals surface area contributed by atoms with Crippen molar-refractivity contribution in [3.63, 3.8) is 0 Å². The van der Waals surface area contributed by atoms with Crippen molar-refractivity contribution >= 4 is 21.9 Å². The zero-order valence-electron chi connectivity index (χ0n) is 6.30. The zero-order chi connectivity index (χ0) is 8.43. The fourth-order valence-corrected chi connectivity index (χ4v) is 0.988. The molecule has 0 fully saturated rings. The molecule has 0 aromatic heterocycles. The second kappa shape index (κ2) is 4.97. The van der Waals surface area contributed by atoms with Gasteiger partial charge in [0.15, 0.2) is 0 Å². The Balaban J connectivity index is 0.00000121. The molecule has 2 nitrogen and oxygen atoms in total. The van der Waals surface area contributed by atoms with E-state index in [9.17, 15) is 14.3 Å². The number of rotatable bonds is 1. The third-order valence-corrected chi connectivity index (χ3v) is 1.64. The summed E-state index contributed by atoms with van der Waals surface area (Å²) < 4.78 is 13.2. The van der Waals surface area contributed by atoms with E-state index in [1.807, 2.05) is 0 Å². The summed E-state index contributed by atoms with van der Waals surface area (Å²) in [7, 11) is 0. The zero-order valence-corrected chi connectivity index (χ0v) is 9.89. The second-order valence-electron chi connectivity index (χ2n) is 1.91. The molecule has 0 atom stereocenters. The smallest absolute Gasteiger partial charge is 0.545 e. The molecule has 0 amide bonds. The van der Waals surface area contributed by atoms with Gasteiger partial charge >= 0.3 is 29.6 Å². The first-order valence-electron chi connectivity index (χ1n) is 2.77. The van der Waals surface area contributed by atoms with E-state index in [1.165, 1.54) is 6.07 Å². The summed E-state index contributed by atoms with van der Waals surface area (Å²) in [6.45, 7) is 0. The maximum atomic E-state index is 12.7. The number of carbonyl (C=O) groups excluding carboxylic acids is 1. The van der Waals surface area contributed by atoms with E-state index < -0.39 is 17.3 Å². The largest absolute Gasteiger partial charge is 1.00 e. The van der Waals surface area contributed by atoms with Gasteiger partial charge in [-0.2, -0.15) is 0 Å². The van der Waals surface area contributed by atoms with Crippen molar-refractivity contribution in [3.8, 4) is 0 Å². The van der Waals surface area contributed by atoms with Crippen LogP contribution in [0.15, 0.2) is 22.7 Å². The maximum Gasteiger partial charge on any atom is 1.00 e. The van der Waals surface area contributed by atoms with Crippen LogP contribution in [-0.2, 0) is 0 Å². The van der Waals surface area contributed by atoms with Gasteiger partial charge in [0.05, 0.1) is 5.97 Å². The number of halogens is 2. The summed E-state index contributed by atoms with van der Waals surface area (Å²) in [6.07, 6.45) is 0. The van der Waals surface area contributed by atoms with Gasteiger partial charge in [-0.3, -0.25) is 0 Å². The van der Waals surface area contributed by atoms with Crippen molar-refractivity contribution in [2.45, 2.75) is 0 Å². The first kappa shape index (κ1) is 12.1. The standard InChI is InChI=1S/C7H4BrFO2.Na/c8-4-1-2-5(7(10)11)6(9)3-4;/h1-3H,(H,10,11);/q;+1/p-1. The summed E-state index contributed by atoms with van der Waals surface area (Å²) in [5.74, 6) is -2.30. The Morgan fingerprint density at radius 2 is 2.08 bits per heavy atom. The summed E-state index contributed by atoms with van der Waals surface area (Å²) in [5.41, 5.74) is -0.423. The number of carboxylic acid groups (broad SMARTS) is 1. The number of carbonyl (C=O) groups is 1. The Bertz CT molecular complexity index is 303. The van der Waals surface area contributed by atoms with Crippen LogP contribution in [0.4, 0.5) is 4.39 Å². The minimum Gasteiger partial charge on any atom is -0.545 e. The average Bonchev–Trinajstić information content (AvgIpc) is 1.85. The molecule has 0 heterocycles. The predicted octanol–water partition coefficient (Wildman–Crippen LogP) is -2.04. The minimum absolute atomic E-state index is 0. The molecule has 0 aliphatic heterocycles. The molecule has 0 saturated heterocycles. The van der Waals surface area contributed by atoms with Gasteiger partial charge in [-0.15, -0.1) is 0 Å². The molecular formula is C7H3BrFNaO2. The van der Waals surface area contributed by atoms with E-state index in [-0.39, 0.29) is 29.6 Å². The van der Waals surface area contributed by atoms with E-state index in [0.29, 0.717) is 4.47 Å². The molecule has 0 saturated carbocycles. The molecular weight excluding hydrogens is 238 g/mol. The minimum atomic E-state index is -1.50. The van der Waals surface area contributed by atoms with Crippen LogP contribution in [0.3, 0.4) is 0 Å². The number of benzene rings is 1. The molecule has 0 N–H and O–H groups in total. The van der Waals surface area contributed by atoms with Crippen molar-refractivity contribution in [3.05, 3.63) is 34.1 Å². The van der Waals surface area contributed by atoms with Crippen LogP contribution in [0, 0.1) is 5.82 Å². The Morgan fingerprint density at radius 1 is 1.50 bits per heavy atom. The van der Waals surface area contributed by atoms with E-state index >= 15 is 0 Å². The van der Waals surface area contributed by atoms with Crippen molar-refractivity contribution in [1.82, 2.24) is 0 Å². The fourth-order valence-electron chi connectivity index (χ4n) is 0.655. The molecule has 0 unspecified atom stereocenters. The molecule has 5 heteroatoms. The number of carboxylic acids is 1. The van der Waals surface area contributed by atoms with Crippen LogP contribution < -0.4 is 34.7 Å². The Morgan fingerprint density at radius 3 is 2.50 bits per heavy atom. The van der Waals surface area contributed by atoms with Crippen molar-refractivity contribution in [2.24, 2.45) is 0 Å². The molecule has 12 heavy (non-hydrogen) atoms. The number of hydrogen-bond donors (Lipinski definition) is 0. The van der Waals surface area contributed by atoms with E-state index in [0.717, 1.165) is 12.1 Å². The van der Waals surface area contributed by atoms with Crippen LogP contribution in [0.5, 0.6) is 0 Å². The number of hydrogen-bond acceptors (Lipinski definition) is 2. The van der Waals surface area contributed by atoms with Gasteiger partial charge in [0.1, 0.15) is 5.82 Å². The molecule has 0 spiro atoms. The topological polar surface area (TPSA) is 40.1 Å². The van der Waals surface area contributed by atoms with E-state index in [2.05, 4.69) is 15.9 Å². The summed E-state index contributed by atoms with van der Waals surface area (Å²) >= 11 is 2.99. The predicted molar refractivity (Wildman–Crippen MR) is 38.4 cm³/mol. The van der Waals surface area contributed by atoms with Crippen molar-refractivity contribution in [2.75, 3.05) is 0 Å². The molecule has 0 radical (unpaired) electrons. The summed E-state index contributed by atoms with van der Waals surface area (Å²) in [4.78, 5) is 10.2. The van der Waals surface area contributed by atoms with Crippen LogP contribution in [0.25, 0.3) is 0 Å². The summed E-state index contributed by atoms with van der Waals surface area (Å²) in [5, 5.41) is 10.2. The number of aromatic carboxylic acids is 1. The first-order valence-corrected chi connectivity index (χ1v) is 3.57. The van der Waals surface area contributed by atoms with E-state index in [1.54, 1.807) is 0 Å². The monoisotopic (exact) mass is 240 g/mol. The van der Waals surface area contributed by atoms with Gasteiger partial charge < -0.3 is 9.90 Å². The fraction of sp³-hybridized carbons (Fsp3) is 0. The molecule has 0 aliphatic rings. The normalized spacial score (nSPS) is 8.83. The van der Waals surface area contributed by atoms with Crippen LogP contribution in [-0.4, -0.2) is 5.97 Å². The van der Waals surface area contributed by atoms with Crippen molar-refractivity contribution in [1.29, 1.82) is 0 Å². The molecule has 0 bridgehead atoms. The maximum absolute atomic E-state index is 12.7. The molecule has 1 aromatic carbocycles. The Kier molecular flexibility index (Phi) is 5.01. The van der Waals surface area contributed by atoms with Crippen LogP contribution in [0.2, 0.25) is 0 Å². The third-order valence-electron chi connectivity index (χ3n) is 1.15. The molecule has 1 rings (SSSR count).